The Kier molecular flexibility index (Phi) is 5.91. The molecule has 0 radical (unpaired) electrons. The molecule has 0 fully saturated rings. The Labute approximate surface area is 278 Å². The molecule has 9 aromatic carbocycles. The highest BCUT2D eigenvalue weighted by molar-refractivity contribution is 6.21. The number of ether oxygens (including phenoxy) is 2. The minimum Gasteiger partial charge on any atom is -0.449 e. The van der Waals surface area contributed by atoms with Crippen molar-refractivity contribution in [3.63, 3.8) is 0 Å². The van der Waals surface area contributed by atoms with Crippen LogP contribution in [-0.4, -0.2) is 0 Å². The quantitative estimate of drug-likeness (QED) is 0.185. The Bertz CT molecular complexity index is 2660. The fourth-order valence-electron chi connectivity index (χ4n) is 7.50. The van der Waals surface area contributed by atoms with Crippen molar-refractivity contribution in [1.82, 2.24) is 0 Å². The molecular weight excluding hydrogens is 585 g/mol. The predicted molar refractivity (Wildman–Crippen MR) is 199 cm³/mol. The third kappa shape index (κ3) is 4.13. The van der Waals surface area contributed by atoms with E-state index >= 15 is 0 Å². The van der Waals surface area contributed by atoms with Gasteiger partial charge in [-0.3, -0.25) is 0 Å². The number of rotatable bonds is 3. The zero-order valence-electron chi connectivity index (χ0n) is 26.0. The van der Waals surface area contributed by atoms with Crippen LogP contribution in [0.4, 0.5) is 0 Å². The van der Waals surface area contributed by atoms with Gasteiger partial charge in [0.1, 0.15) is 0 Å². The average Bonchev–Trinajstić information content (AvgIpc) is 3.16. The second-order valence-electron chi connectivity index (χ2n) is 12.4. The van der Waals surface area contributed by atoms with Gasteiger partial charge in [-0.1, -0.05) is 146 Å². The van der Waals surface area contributed by atoms with E-state index in [0.29, 0.717) is 0 Å². The summed E-state index contributed by atoms with van der Waals surface area (Å²) in [6, 6.07) is 60.4. The summed E-state index contributed by atoms with van der Waals surface area (Å²) in [6.45, 7) is 0. The summed E-state index contributed by atoms with van der Waals surface area (Å²) < 4.78 is 12.8. The van der Waals surface area contributed by atoms with Crippen LogP contribution < -0.4 is 9.47 Å². The lowest BCUT2D eigenvalue weighted by Gasteiger charge is -2.23. The normalized spacial score (nSPS) is 12.1. The van der Waals surface area contributed by atoms with E-state index in [2.05, 4.69) is 146 Å². The molecule has 0 N–H and O–H groups in total. The van der Waals surface area contributed by atoms with Gasteiger partial charge in [-0.2, -0.15) is 0 Å². The van der Waals surface area contributed by atoms with E-state index in [1.807, 2.05) is 24.3 Å². The van der Waals surface area contributed by atoms with Gasteiger partial charge < -0.3 is 9.47 Å². The lowest BCUT2D eigenvalue weighted by molar-refractivity contribution is 0.363. The van der Waals surface area contributed by atoms with Crippen LogP contribution >= 0.6 is 0 Å². The maximum atomic E-state index is 6.38. The second-order valence-corrected chi connectivity index (χ2v) is 12.4. The highest BCUT2D eigenvalue weighted by Gasteiger charge is 2.23. The molecule has 0 saturated carbocycles. The molecule has 0 amide bonds. The first-order valence-corrected chi connectivity index (χ1v) is 16.3. The van der Waals surface area contributed by atoms with Crippen LogP contribution in [0.3, 0.4) is 0 Å². The number of hydrogen-bond acceptors (Lipinski definition) is 2. The van der Waals surface area contributed by atoms with Crippen molar-refractivity contribution in [2.45, 2.75) is 0 Å². The Hall–Kier alpha value is -6.38. The molecule has 0 bridgehead atoms. The zero-order valence-corrected chi connectivity index (χ0v) is 26.0. The molecule has 0 unspecified atom stereocenters. The van der Waals surface area contributed by atoms with Crippen LogP contribution in [0.5, 0.6) is 23.0 Å². The summed E-state index contributed by atoms with van der Waals surface area (Å²) in [5.41, 5.74) is 7.18. The molecule has 0 atom stereocenters. The van der Waals surface area contributed by atoms with Gasteiger partial charge in [-0.05, 0) is 95.3 Å². The zero-order chi connectivity index (χ0) is 31.6. The van der Waals surface area contributed by atoms with Crippen molar-refractivity contribution in [3.05, 3.63) is 170 Å². The molecule has 2 heteroatoms. The summed E-state index contributed by atoms with van der Waals surface area (Å²) >= 11 is 0. The molecule has 224 valence electrons. The molecule has 0 aliphatic carbocycles. The molecule has 10 rings (SSSR count). The van der Waals surface area contributed by atoms with Gasteiger partial charge in [-0.15, -0.1) is 0 Å². The molecule has 2 nitrogen and oxygen atoms in total. The Morgan fingerprint density at radius 3 is 1.44 bits per heavy atom. The smallest absolute Gasteiger partial charge is 0.177 e. The maximum absolute atomic E-state index is 6.38. The van der Waals surface area contributed by atoms with Crippen LogP contribution in [0.25, 0.3) is 76.5 Å². The first-order valence-electron chi connectivity index (χ1n) is 16.3. The van der Waals surface area contributed by atoms with Crippen LogP contribution in [0.2, 0.25) is 0 Å². The van der Waals surface area contributed by atoms with E-state index in [1.54, 1.807) is 0 Å². The lowest BCUT2D eigenvalue weighted by Crippen LogP contribution is -2.00. The van der Waals surface area contributed by atoms with E-state index in [4.69, 9.17) is 9.47 Å². The molecular formula is C46H28O2. The van der Waals surface area contributed by atoms with Gasteiger partial charge in [0.15, 0.2) is 23.0 Å². The first-order chi connectivity index (χ1) is 23.8. The third-order valence-corrected chi connectivity index (χ3v) is 9.70. The summed E-state index contributed by atoms with van der Waals surface area (Å²) in [7, 11) is 0. The van der Waals surface area contributed by atoms with E-state index in [1.165, 1.54) is 54.6 Å². The van der Waals surface area contributed by atoms with Crippen molar-refractivity contribution < 1.29 is 9.47 Å². The minimum atomic E-state index is 0.729. The number of para-hydroxylation sites is 2. The average molecular weight is 613 g/mol. The van der Waals surface area contributed by atoms with Crippen molar-refractivity contribution >= 4 is 43.1 Å². The fourth-order valence-corrected chi connectivity index (χ4v) is 7.50. The lowest BCUT2D eigenvalue weighted by atomic mass is 9.85. The van der Waals surface area contributed by atoms with Crippen molar-refractivity contribution in [2.75, 3.05) is 0 Å². The van der Waals surface area contributed by atoms with Gasteiger partial charge in [0.25, 0.3) is 0 Å². The summed E-state index contributed by atoms with van der Waals surface area (Å²) in [6.07, 6.45) is 0. The molecule has 48 heavy (non-hydrogen) atoms. The van der Waals surface area contributed by atoms with Gasteiger partial charge >= 0.3 is 0 Å². The molecule has 9 aromatic rings. The molecule has 1 aliphatic heterocycles. The highest BCUT2D eigenvalue weighted by Crippen LogP contribution is 2.51. The minimum absolute atomic E-state index is 0.729. The van der Waals surface area contributed by atoms with Crippen LogP contribution in [-0.2, 0) is 0 Å². The van der Waals surface area contributed by atoms with Crippen LogP contribution in [0.15, 0.2) is 170 Å². The number of benzene rings is 9. The second kappa shape index (κ2) is 10.6. The topological polar surface area (TPSA) is 18.5 Å². The van der Waals surface area contributed by atoms with Gasteiger partial charge in [0.05, 0.1) is 0 Å². The predicted octanol–water partition coefficient (Wildman–Crippen LogP) is 13.2. The maximum Gasteiger partial charge on any atom is 0.177 e. The highest BCUT2D eigenvalue weighted by atomic mass is 16.6. The largest absolute Gasteiger partial charge is 0.449 e. The van der Waals surface area contributed by atoms with Crippen molar-refractivity contribution in [2.24, 2.45) is 0 Å². The molecule has 0 aromatic heterocycles. The SMILES string of the molecule is c1ccc2c(c1)Oc1cc(-c3ccc(-c4c5ccccc5c(-c5ccc6ccccc6c5)c5ccccc45)cc3)c3ccccc3c1O2. The van der Waals surface area contributed by atoms with Gasteiger partial charge in [0, 0.05) is 5.39 Å². The Balaban J connectivity index is 1.14. The first kappa shape index (κ1) is 26.8. The number of fused-ring (bicyclic) bond motifs is 7. The van der Waals surface area contributed by atoms with Gasteiger partial charge in [-0.25, -0.2) is 0 Å². The van der Waals surface area contributed by atoms with E-state index < -0.39 is 0 Å². The Morgan fingerprint density at radius 1 is 0.292 bits per heavy atom. The summed E-state index contributed by atoms with van der Waals surface area (Å²) in [5, 5.41) is 9.66. The monoisotopic (exact) mass is 612 g/mol. The van der Waals surface area contributed by atoms with Crippen molar-refractivity contribution in [3.8, 4) is 56.4 Å². The van der Waals surface area contributed by atoms with E-state index in [0.717, 1.165) is 44.9 Å². The Morgan fingerprint density at radius 2 is 0.771 bits per heavy atom. The van der Waals surface area contributed by atoms with E-state index in [-0.39, 0.29) is 0 Å². The number of hydrogen-bond donors (Lipinski definition) is 0. The van der Waals surface area contributed by atoms with E-state index in [9.17, 15) is 0 Å². The van der Waals surface area contributed by atoms with Crippen molar-refractivity contribution in [1.29, 1.82) is 0 Å². The molecule has 1 heterocycles. The summed E-state index contributed by atoms with van der Waals surface area (Å²) in [4.78, 5) is 0. The fraction of sp³-hybridized carbons (Fsp3) is 0. The molecule has 1 aliphatic rings. The van der Waals surface area contributed by atoms with Gasteiger partial charge in [0.2, 0.25) is 0 Å². The third-order valence-electron chi connectivity index (χ3n) is 9.70. The summed E-state index contributed by atoms with van der Waals surface area (Å²) in [5.74, 6) is 2.95. The molecule has 0 spiro atoms. The van der Waals surface area contributed by atoms with Crippen LogP contribution in [0, 0.1) is 0 Å². The molecule has 0 saturated heterocycles. The van der Waals surface area contributed by atoms with Crippen LogP contribution in [0.1, 0.15) is 0 Å². The standard InChI is InChI=1S/C46H28O2/c1-2-12-32-27-33(26-21-29(32)11-1)45-37-16-6-4-14-35(37)44(36-15-5-7-17-38(36)45)31-24-22-30(23-25-31)40-28-43-46(39-18-8-3-13-34(39)40)48-42-20-10-9-19-41(42)47-43/h1-28H.